The van der Waals surface area contributed by atoms with Gasteiger partial charge in [0.05, 0.1) is 11.0 Å². The highest BCUT2D eigenvalue weighted by molar-refractivity contribution is 6.30. The lowest BCUT2D eigenvalue weighted by Crippen LogP contribution is -2.44. The molecule has 8 heteroatoms. The summed E-state index contributed by atoms with van der Waals surface area (Å²) in [6.45, 7) is 3.12. The Morgan fingerprint density at radius 3 is 2.55 bits per heavy atom. The zero-order chi connectivity index (χ0) is 19.8. The summed E-state index contributed by atoms with van der Waals surface area (Å²) in [6.07, 6.45) is 1.78. The normalized spacial score (nSPS) is 18.4. The molecule has 7 nitrogen and oxygen atoms in total. The molecule has 0 atom stereocenters. The minimum absolute atomic E-state index is 0.304. The van der Waals surface area contributed by atoms with Gasteiger partial charge in [0.25, 0.3) is 0 Å². The average molecular weight is 408 g/mol. The van der Waals surface area contributed by atoms with E-state index < -0.39 is 5.97 Å². The van der Waals surface area contributed by atoms with E-state index in [-0.39, 0.29) is 0 Å². The van der Waals surface area contributed by atoms with Gasteiger partial charge < -0.3 is 19.5 Å². The molecule has 1 aromatic heterocycles. The van der Waals surface area contributed by atoms with Crippen molar-refractivity contribution >= 4 is 40.4 Å². The molecule has 0 unspecified atom stereocenters. The zero-order valence-corrected chi connectivity index (χ0v) is 16.3. The second kappa shape index (κ2) is 7.25. The van der Waals surface area contributed by atoms with E-state index in [1.165, 1.54) is 0 Å². The highest BCUT2D eigenvalue weighted by Gasteiger charge is 2.26. The van der Waals surface area contributed by atoms with Crippen LogP contribution in [0.3, 0.4) is 0 Å². The number of benzene rings is 2. The maximum absolute atomic E-state index is 12.2. The number of carbonyl (C=O) groups is 1. The van der Waals surface area contributed by atoms with Crippen molar-refractivity contribution in [3.05, 3.63) is 71.0 Å². The van der Waals surface area contributed by atoms with Crippen molar-refractivity contribution in [1.82, 2.24) is 14.9 Å². The van der Waals surface area contributed by atoms with Crippen LogP contribution in [0.2, 0.25) is 5.02 Å². The zero-order valence-electron chi connectivity index (χ0n) is 15.5. The number of H-pyrrole nitrogens is 1. The summed E-state index contributed by atoms with van der Waals surface area (Å²) in [6, 6.07) is 15.0. The van der Waals surface area contributed by atoms with Crippen LogP contribution in [0.1, 0.15) is 5.56 Å². The lowest BCUT2D eigenvalue weighted by atomic mass is 10.2. The molecule has 146 valence electrons. The Kier molecular flexibility index (Phi) is 4.44. The summed E-state index contributed by atoms with van der Waals surface area (Å²) in [5.41, 5.74) is 3.03. The van der Waals surface area contributed by atoms with Gasteiger partial charge in [0.2, 0.25) is 11.8 Å². The fourth-order valence-electron chi connectivity index (χ4n) is 3.44. The van der Waals surface area contributed by atoms with Gasteiger partial charge in [0.1, 0.15) is 0 Å². The lowest BCUT2D eigenvalue weighted by Gasteiger charge is -2.33. The van der Waals surface area contributed by atoms with Gasteiger partial charge in [-0.25, -0.2) is 14.8 Å². The highest BCUT2D eigenvalue weighted by atomic mass is 35.5. The van der Waals surface area contributed by atoms with E-state index in [0.717, 1.165) is 48.7 Å². The number of aliphatic imine (C=N–C) groups is 1. The first-order chi connectivity index (χ1) is 14.2. The van der Waals surface area contributed by atoms with Crippen molar-refractivity contribution in [3.63, 3.8) is 0 Å². The fourth-order valence-corrected chi connectivity index (χ4v) is 3.57. The van der Waals surface area contributed by atoms with E-state index in [0.29, 0.717) is 16.6 Å². The van der Waals surface area contributed by atoms with Gasteiger partial charge in [-0.2, -0.15) is 0 Å². The van der Waals surface area contributed by atoms with E-state index in [1.54, 1.807) is 30.5 Å². The number of fused-ring (bicyclic) bond motifs is 1. The molecule has 5 rings (SSSR count). The van der Waals surface area contributed by atoms with Gasteiger partial charge in [-0.05, 0) is 36.4 Å². The number of hydrogen-bond acceptors (Lipinski definition) is 6. The number of nitrogens with one attached hydrogen (secondary N) is 1. The van der Waals surface area contributed by atoms with Crippen molar-refractivity contribution < 1.29 is 9.53 Å². The van der Waals surface area contributed by atoms with Crippen molar-refractivity contribution in [1.29, 1.82) is 0 Å². The van der Waals surface area contributed by atoms with E-state index in [2.05, 4.69) is 24.8 Å². The van der Waals surface area contributed by atoms with Crippen LogP contribution in [-0.2, 0) is 9.53 Å². The lowest BCUT2D eigenvalue weighted by molar-refractivity contribution is -0.130. The van der Waals surface area contributed by atoms with Gasteiger partial charge >= 0.3 is 5.97 Å². The van der Waals surface area contributed by atoms with Crippen LogP contribution < -0.4 is 4.90 Å². The predicted molar refractivity (Wildman–Crippen MR) is 112 cm³/mol. The number of anilines is 1. The number of nitrogens with zero attached hydrogens (tertiary/aromatic N) is 4. The van der Waals surface area contributed by atoms with Crippen LogP contribution in [0.4, 0.5) is 5.95 Å². The minimum atomic E-state index is -0.435. The van der Waals surface area contributed by atoms with Crippen LogP contribution >= 0.6 is 11.6 Å². The summed E-state index contributed by atoms with van der Waals surface area (Å²) in [5.74, 6) is 0.746. The Morgan fingerprint density at radius 2 is 1.79 bits per heavy atom. The molecule has 3 heterocycles. The number of imidazole rings is 1. The number of ether oxygens (including phenoxy) is 1. The minimum Gasteiger partial charge on any atom is -0.402 e. The Bertz CT molecular complexity index is 1090. The number of cyclic esters (lactones) is 1. The monoisotopic (exact) mass is 407 g/mol. The van der Waals surface area contributed by atoms with Crippen molar-refractivity contribution in [2.45, 2.75) is 0 Å². The van der Waals surface area contributed by atoms with Crippen LogP contribution in [-0.4, -0.2) is 52.9 Å². The molecule has 1 saturated heterocycles. The second-order valence-electron chi connectivity index (χ2n) is 6.93. The summed E-state index contributed by atoms with van der Waals surface area (Å²) in [7, 11) is 0. The van der Waals surface area contributed by atoms with Gasteiger partial charge in [-0.1, -0.05) is 23.7 Å². The number of esters is 1. The molecule has 0 saturated carbocycles. The van der Waals surface area contributed by atoms with E-state index in [4.69, 9.17) is 16.3 Å². The molecule has 3 aromatic rings. The average Bonchev–Trinajstić information content (AvgIpc) is 3.33. The van der Waals surface area contributed by atoms with Crippen molar-refractivity contribution in [3.8, 4) is 0 Å². The third-order valence-corrected chi connectivity index (χ3v) is 5.26. The third-order valence-electron chi connectivity index (χ3n) is 5.01. The van der Waals surface area contributed by atoms with Gasteiger partial charge in [-0.15, -0.1) is 0 Å². The topological polar surface area (TPSA) is 73.8 Å². The van der Waals surface area contributed by atoms with Crippen molar-refractivity contribution in [2.75, 3.05) is 31.1 Å². The van der Waals surface area contributed by atoms with Gasteiger partial charge in [0.15, 0.2) is 5.70 Å². The largest absolute Gasteiger partial charge is 0.402 e. The Labute approximate surface area is 172 Å². The molecule has 2 aliphatic heterocycles. The summed E-state index contributed by atoms with van der Waals surface area (Å²) >= 11 is 5.91. The number of hydrogen-bond donors (Lipinski definition) is 1. The molecule has 0 bridgehead atoms. The van der Waals surface area contributed by atoms with Crippen LogP contribution in [0.15, 0.2) is 65.4 Å². The first kappa shape index (κ1) is 17.8. The molecular formula is C21H18ClN5O2. The number of para-hydroxylation sites is 2. The van der Waals surface area contributed by atoms with E-state index in [1.807, 2.05) is 24.3 Å². The molecule has 0 aliphatic carbocycles. The van der Waals surface area contributed by atoms with E-state index in [9.17, 15) is 4.79 Å². The molecule has 0 spiro atoms. The summed E-state index contributed by atoms with van der Waals surface area (Å²) in [4.78, 5) is 28.9. The Balaban J connectivity index is 1.27. The summed E-state index contributed by atoms with van der Waals surface area (Å²) in [5, 5.41) is 0.622. The number of halogens is 1. The van der Waals surface area contributed by atoms with Gasteiger partial charge in [0, 0.05) is 43.0 Å². The number of carbonyl (C=O) groups excluding carboxylic acids is 1. The molecule has 2 aliphatic rings. The molecule has 0 radical (unpaired) electrons. The third kappa shape index (κ3) is 3.56. The number of rotatable bonds is 3. The second-order valence-corrected chi connectivity index (χ2v) is 7.36. The number of aromatic amines is 1. The fraction of sp³-hybridized carbons (Fsp3) is 0.190. The predicted octanol–water partition coefficient (Wildman–Crippen LogP) is 3.18. The molecular weight excluding hydrogens is 390 g/mol. The van der Waals surface area contributed by atoms with Crippen LogP contribution in [0.25, 0.3) is 11.0 Å². The number of aromatic nitrogens is 2. The maximum atomic E-state index is 12.2. The number of piperazine rings is 1. The SMILES string of the molecule is O=C1OC(c2ccc(Cl)cc2)=NC1=CN1CCN(c2nc3ccccc3[nH]2)CC1. The van der Waals surface area contributed by atoms with Gasteiger partial charge in [-0.3, -0.25) is 0 Å². The highest BCUT2D eigenvalue weighted by Crippen LogP contribution is 2.21. The van der Waals surface area contributed by atoms with Crippen LogP contribution in [0.5, 0.6) is 0 Å². The smallest absolute Gasteiger partial charge is 0.365 e. The molecule has 0 amide bonds. The maximum Gasteiger partial charge on any atom is 0.365 e. The summed E-state index contributed by atoms with van der Waals surface area (Å²) < 4.78 is 5.31. The first-order valence-corrected chi connectivity index (χ1v) is 9.76. The molecule has 29 heavy (non-hydrogen) atoms. The van der Waals surface area contributed by atoms with Crippen molar-refractivity contribution in [2.24, 2.45) is 4.99 Å². The molecule has 1 fully saturated rings. The quantitative estimate of drug-likeness (QED) is 0.533. The van der Waals surface area contributed by atoms with E-state index >= 15 is 0 Å². The molecule has 1 N–H and O–H groups in total. The molecule has 2 aromatic carbocycles. The first-order valence-electron chi connectivity index (χ1n) is 9.38. The standard InChI is InChI=1S/C21H18ClN5O2/c22-15-7-5-14(6-8-15)19-23-18(20(28)29-19)13-26-9-11-27(12-10-26)21-24-16-3-1-2-4-17(16)25-21/h1-8,13H,9-12H2,(H,24,25). The Hall–Kier alpha value is -3.32. The van der Waals surface area contributed by atoms with Crippen LogP contribution in [0, 0.1) is 0 Å². The Morgan fingerprint density at radius 1 is 1.03 bits per heavy atom.